The Morgan fingerprint density at radius 1 is 1.60 bits per heavy atom. The van der Waals surface area contributed by atoms with Crippen LogP contribution in [0.25, 0.3) is 0 Å². The third-order valence-electron chi connectivity index (χ3n) is 3.55. The van der Waals surface area contributed by atoms with Gasteiger partial charge in [-0.15, -0.1) is 11.3 Å². The Bertz CT molecular complexity index is 452. The van der Waals surface area contributed by atoms with Crippen LogP contribution in [-0.4, -0.2) is 53.1 Å². The van der Waals surface area contributed by atoms with Crippen molar-refractivity contribution in [1.82, 2.24) is 9.80 Å². The van der Waals surface area contributed by atoms with Crippen LogP contribution in [0.1, 0.15) is 24.6 Å². The minimum absolute atomic E-state index is 0.145. The smallest absolute Gasteiger partial charge is 0.237 e. The third-order valence-corrected chi connectivity index (χ3v) is 5.16. The van der Waals surface area contributed by atoms with Gasteiger partial charge < -0.3 is 10.0 Å². The summed E-state index contributed by atoms with van der Waals surface area (Å²) in [5.41, 5.74) is 0. The monoisotopic (exact) mass is 360 g/mol. The van der Waals surface area contributed by atoms with Crippen LogP contribution < -0.4 is 0 Å². The maximum absolute atomic E-state index is 12.4. The molecule has 2 rings (SSSR count). The molecule has 0 radical (unpaired) electrons. The number of nitrogens with zero attached hydrogens (tertiary/aromatic N) is 2. The van der Waals surface area contributed by atoms with Crippen molar-refractivity contribution in [2.45, 2.75) is 32.4 Å². The minimum atomic E-state index is -0.278. The fourth-order valence-corrected chi connectivity index (χ4v) is 3.97. The zero-order chi connectivity index (χ0) is 14.5. The molecule has 0 spiro atoms. The Labute approximate surface area is 132 Å². The molecule has 1 aliphatic rings. The van der Waals surface area contributed by atoms with E-state index in [0.717, 1.165) is 23.2 Å². The molecule has 1 aromatic heterocycles. The highest BCUT2D eigenvalue weighted by Gasteiger charge is 2.22. The van der Waals surface area contributed by atoms with Crippen molar-refractivity contribution < 1.29 is 9.90 Å². The van der Waals surface area contributed by atoms with Gasteiger partial charge in [-0.05, 0) is 54.4 Å². The molecule has 112 valence electrons. The third kappa shape index (κ3) is 4.55. The van der Waals surface area contributed by atoms with Gasteiger partial charge >= 0.3 is 0 Å². The van der Waals surface area contributed by atoms with Crippen molar-refractivity contribution in [2.24, 2.45) is 0 Å². The van der Waals surface area contributed by atoms with Crippen LogP contribution >= 0.6 is 27.3 Å². The fraction of sp³-hybridized carbons (Fsp3) is 0.643. The number of hydrogen-bond donors (Lipinski definition) is 1. The summed E-state index contributed by atoms with van der Waals surface area (Å²) in [6.07, 6.45) is 1.55. The minimum Gasteiger partial charge on any atom is -0.392 e. The number of aliphatic hydroxyl groups is 1. The number of likely N-dealkylation sites (N-methyl/N-ethyl adjacent to an activating group) is 1. The number of thiophene rings is 1. The van der Waals surface area contributed by atoms with Crippen molar-refractivity contribution in [2.75, 3.05) is 26.2 Å². The van der Waals surface area contributed by atoms with Crippen molar-refractivity contribution in [3.05, 3.63) is 20.8 Å². The van der Waals surface area contributed by atoms with Gasteiger partial charge in [0.1, 0.15) is 0 Å². The van der Waals surface area contributed by atoms with E-state index in [4.69, 9.17) is 0 Å². The number of amides is 1. The second-order valence-electron chi connectivity index (χ2n) is 5.14. The molecule has 1 saturated heterocycles. The molecule has 1 unspecified atom stereocenters. The lowest BCUT2D eigenvalue weighted by molar-refractivity contribution is -0.133. The highest BCUT2D eigenvalue weighted by atomic mass is 79.9. The number of aliphatic hydroxyl groups excluding tert-OH is 1. The van der Waals surface area contributed by atoms with Gasteiger partial charge in [0.15, 0.2) is 0 Å². The maximum atomic E-state index is 12.4. The van der Waals surface area contributed by atoms with E-state index in [-0.39, 0.29) is 12.0 Å². The number of β-amino-alcohol motifs (C(OH)–C–C–N with tert-alkyl or cyclic N) is 1. The van der Waals surface area contributed by atoms with E-state index in [1.54, 1.807) is 11.3 Å². The van der Waals surface area contributed by atoms with Crippen LogP contribution in [0.15, 0.2) is 15.9 Å². The average Bonchev–Trinajstić information content (AvgIpc) is 2.81. The Morgan fingerprint density at radius 2 is 2.40 bits per heavy atom. The van der Waals surface area contributed by atoms with E-state index in [1.807, 2.05) is 17.9 Å². The van der Waals surface area contributed by atoms with Crippen molar-refractivity contribution in [1.29, 1.82) is 0 Å². The normalized spacial score (nSPS) is 20.1. The molecule has 1 aromatic rings. The summed E-state index contributed by atoms with van der Waals surface area (Å²) in [7, 11) is 0. The van der Waals surface area contributed by atoms with Gasteiger partial charge in [0, 0.05) is 18.0 Å². The Balaban J connectivity index is 1.88. The summed E-state index contributed by atoms with van der Waals surface area (Å²) in [4.78, 5) is 17.5. The first kappa shape index (κ1) is 15.9. The van der Waals surface area contributed by atoms with Gasteiger partial charge in [0.25, 0.3) is 0 Å². The lowest BCUT2D eigenvalue weighted by Crippen LogP contribution is -2.45. The standard InChI is InChI=1S/C14H21BrN2O2S/c1-2-17(9-12-5-6-13(15)20-12)14(19)10-16-7-3-4-11(18)8-16/h5-6,11,18H,2-4,7-10H2,1H3. The number of carbonyl (C=O) groups is 1. The highest BCUT2D eigenvalue weighted by Crippen LogP contribution is 2.23. The Kier molecular flexibility index (Phi) is 6.01. The van der Waals surface area contributed by atoms with Crippen LogP contribution in [0.3, 0.4) is 0 Å². The Hall–Kier alpha value is -0.430. The van der Waals surface area contributed by atoms with E-state index < -0.39 is 0 Å². The number of likely N-dealkylation sites (tertiary alicyclic amines) is 1. The van der Waals surface area contributed by atoms with Crippen LogP contribution in [0.5, 0.6) is 0 Å². The summed E-state index contributed by atoms with van der Waals surface area (Å²) in [5.74, 6) is 0.145. The lowest BCUT2D eigenvalue weighted by Gasteiger charge is -2.31. The molecule has 1 amide bonds. The molecule has 2 heterocycles. The molecule has 0 saturated carbocycles. The van der Waals surface area contributed by atoms with E-state index in [1.165, 1.54) is 4.88 Å². The van der Waals surface area contributed by atoms with Gasteiger partial charge in [-0.25, -0.2) is 0 Å². The molecule has 1 fully saturated rings. The predicted molar refractivity (Wildman–Crippen MR) is 84.8 cm³/mol. The van der Waals surface area contributed by atoms with Gasteiger partial charge in [0.05, 0.1) is 23.0 Å². The molecular weight excluding hydrogens is 340 g/mol. The van der Waals surface area contributed by atoms with Crippen molar-refractivity contribution in [3.8, 4) is 0 Å². The lowest BCUT2D eigenvalue weighted by atomic mass is 10.1. The highest BCUT2D eigenvalue weighted by molar-refractivity contribution is 9.11. The second kappa shape index (κ2) is 7.54. The van der Waals surface area contributed by atoms with Crippen molar-refractivity contribution >= 4 is 33.2 Å². The van der Waals surface area contributed by atoms with Gasteiger partial charge in [-0.2, -0.15) is 0 Å². The summed E-state index contributed by atoms with van der Waals surface area (Å²) in [6, 6.07) is 4.06. The zero-order valence-electron chi connectivity index (χ0n) is 11.7. The van der Waals surface area contributed by atoms with Gasteiger partial charge in [-0.3, -0.25) is 9.69 Å². The molecule has 4 nitrogen and oxygen atoms in total. The molecular formula is C14H21BrN2O2S. The van der Waals surface area contributed by atoms with E-state index in [2.05, 4.69) is 26.9 Å². The largest absolute Gasteiger partial charge is 0.392 e. The SMILES string of the molecule is CCN(Cc1ccc(Br)s1)C(=O)CN1CCCC(O)C1. The molecule has 0 bridgehead atoms. The maximum Gasteiger partial charge on any atom is 0.237 e. The van der Waals surface area contributed by atoms with Crippen LogP contribution in [0, 0.1) is 0 Å². The number of piperidine rings is 1. The summed E-state index contributed by atoms with van der Waals surface area (Å²) in [5, 5.41) is 9.66. The molecule has 1 aliphatic heterocycles. The Morgan fingerprint density at radius 3 is 3.00 bits per heavy atom. The zero-order valence-corrected chi connectivity index (χ0v) is 14.1. The number of halogens is 1. The molecule has 1 atom stereocenters. The molecule has 0 aromatic carbocycles. The summed E-state index contributed by atoms with van der Waals surface area (Å²) >= 11 is 5.11. The van der Waals surface area contributed by atoms with Crippen LogP contribution in [-0.2, 0) is 11.3 Å². The average molecular weight is 361 g/mol. The first-order valence-electron chi connectivity index (χ1n) is 7.01. The van der Waals surface area contributed by atoms with E-state index in [9.17, 15) is 9.90 Å². The second-order valence-corrected chi connectivity index (χ2v) is 7.69. The quantitative estimate of drug-likeness (QED) is 0.876. The summed E-state index contributed by atoms with van der Waals surface area (Å²) in [6.45, 7) is 5.33. The van der Waals surface area contributed by atoms with Crippen molar-refractivity contribution in [3.63, 3.8) is 0 Å². The number of rotatable bonds is 5. The summed E-state index contributed by atoms with van der Waals surface area (Å²) < 4.78 is 1.09. The first-order valence-corrected chi connectivity index (χ1v) is 8.62. The topological polar surface area (TPSA) is 43.8 Å². The molecule has 6 heteroatoms. The first-order chi connectivity index (χ1) is 9.58. The number of carbonyl (C=O) groups excluding carboxylic acids is 1. The van der Waals surface area contributed by atoms with Crippen LogP contribution in [0.4, 0.5) is 0 Å². The fourth-order valence-electron chi connectivity index (χ4n) is 2.47. The molecule has 0 aliphatic carbocycles. The van der Waals surface area contributed by atoms with E-state index in [0.29, 0.717) is 26.2 Å². The van der Waals surface area contributed by atoms with Gasteiger partial charge in [-0.1, -0.05) is 0 Å². The predicted octanol–water partition coefficient (Wildman–Crippen LogP) is 2.32. The van der Waals surface area contributed by atoms with E-state index >= 15 is 0 Å². The van der Waals surface area contributed by atoms with Gasteiger partial charge in [0.2, 0.25) is 5.91 Å². The molecule has 20 heavy (non-hydrogen) atoms. The van der Waals surface area contributed by atoms with Crippen LogP contribution in [0.2, 0.25) is 0 Å². The number of hydrogen-bond acceptors (Lipinski definition) is 4. The molecule has 1 N–H and O–H groups in total.